The molecule has 5 nitrogen and oxygen atoms in total. The third-order valence-electron chi connectivity index (χ3n) is 1.96. The van der Waals surface area contributed by atoms with E-state index < -0.39 is 33.2 Å². The van der Waals surface area contributed by atoms with Crippen molar-refractivity contribution >= 4 is 31.9 Å². The number of sulfonamides is 1. The normalized spacial score (nSPS) is 11.8. The second-order valence-corrected chi connectivity index (χ2v) is 6.23. The number of primary amides is 1. The molecular weight excluding hydrogens is 315 g/mol. The fourth-order valence-corrected chi connectivity index (χ4v) is 2.88. The Kier molecular flexibility index (Phi) is 4.23. The molecule has 0 radical (unpaired) electrons. The molecule has 0 saturated carbocycles. The summed E-state index contributed by atoms with van der Waals surface area (Å²) in [5.41, 5.74) is 4.89. The van der Waals surface area contributed by atoms with Gasteiger partial charge in [0.25, 0.3) is 0 Å². The van der Waals surface area contributed by atoms with Crippen LogP contribution in [0.15, 0.2) is 27.6 Å². The van der Waals surface area contributed by atoms with Crippen molar-refractivity contribution < 1.29 is 17.6 Å². The Balaban J connectivity index is 3.21. The molecule has 1 aromatic rings. The average molecular weight is 325 g/mol. The largest absolute Gasteiger partial charge is 0.369 e. The Bertz CT molecular complexity index is 547. The van der Waals surface area contributed by atoms with Gasteiger partial charge < -0.3 is 5.73 Å². The number of rotatable bonds is 4. The van der Waals surface area contributed by atoms with Crippen molar-refractivity contribution in [2.75, 3.05) is 13.6 Å². The van der Waals surface area contributed by atoms with Gasteiger partial charge in [-0.05, 0) is 18.2 Å². The summed E-state index contributed by atoms with van der Waals surface area (Å²) in [7, 11) is -2.91. The number of halogens is 2. The molecule has 94 valence electrons. The van der Waals surface area contributed by atoms with Gasteiger partial charge in [-0.15, -0.1) is 0 Å². The van der Waals surface area contributed by atoms with Gasteiger partial charge >= 0.3 is 0 Å². The van der Waals surface area contributed by atoms with E-state index in [0.717, 1.165) is 19.2 Å². The van der Waals surface area contributed by atoms with Crippen LogP contribution in [0.25, 0.3) is 0 Å². The molecular formula is C9H10BrFN2O3S. The van der Waals surface area contributed by atoms with Crippen LogP contribution in [0.4, 0.5) is 4.39 Å². The monoisotopic (exact) mass is 324 g/mol. The second kappa shape index (κ2) is 5.11. The molecule has 0 bridgehead atoms. The SMILES string of the molecule is CN(CC(N)=O)S(=O)(=O)c1cc(Br)ccc1F. The molecule has 8 heteroatoms. The third kappa shape index (κ3) is 3.24. The van der Waals surface area contributed by atoms with E-state index in [2.05, 4.69) is 15.9 Å². The fourth-order valence-electron chi connectivity index (χ4n) is 1.15. The van der Waals surface area contributed by atoms with Gasteiger partial charge in [0.05, 0.1) is 6.54 Å². The van der Waals surface area contributed by atoms with Crippen LogP contribution in [0, 0.1) is 5.82 Å². The number of carbonyl (C=O) groups excluding carboxylic acids is 1. The average Bonchev–Trinajstić information content (AvgIpc) is 2.20. The molecule has 0 atom stereocenters. The summed E-state index contributed by atoms with van der Waals surface area (Å²) in [6.45, 7) is -0.506. The summed E-state index contributed by atoms with van der Waals surface area (Å²) in [6.07, 6.45) is 0. The van der Waals surface area contributed by atoms with E-state index in [9.17, 15) is 17.6 Å². The Hall–Kier alpha value is -0.990. The lowest BCUT2D eigenvalue weighted by molar-refractivity contribution is -0.118. The van der Waals surface area contributed by atoms with Crippen LogP contribution < -0.4 is 5.73 Å². The highest BCUT2D eigenvalue weighted by atomic mass is 79.9. The van der Waals surface area contributed by atoms with Crippen LogP contribution in [0.3, 0.4) is 0 Å². The molecule has 0 aliphatic rings. The maximum atomic E-state index is 13.4. The van der Waals surface area contributed by atoms with E-state index in [1.54, 1.807) is 0 Å². The molecule has 0 unspecified atom stereocenters. The maximum absolute atomic E-state index is 13.4. The zero-order valence-corrected chi connectivity index (χ0v) is 11.3. The summed E-state index contributed by atoms with van der Waals surface area (Å²) in [4.78, 5) is 10.1. The van der Waals surface area contributed by atoms with Crippen molar-refractivity contribution in [3.63, 3.8) is 0 Å². The molecule has 0 aliphatic carbocycles. The fraction of sp³-hybridized carbons (Fsp3) is 0.222. The number of benzene rings is 1. The molecule has 0 aromatic heterocycles. The van der Waals surface area contributed by atoms with Crippen molar-refractivity contribution in [2.24, 2.45) is 5.73 Å². The Morgan fingerprint density at radius 3 is 2.65 bits per heavy atom. The van der Waals surface area contributed by atoms with Crippen molar-refractivity contribution in [2.45, 2.75) is 4.90 Å². The number of likely N-dealkylation sites (N-methyl/N-ethyl adjacent to an activating group) is 1. The number of amides is 1. The lowest BCUT2D eigenvalue weighted by atomic mass is 10.3. The van der Waals surface area contributed by atoms with Gasteiger partial charge in [-0.3, -0.25) is 4.79 Å². The maximum Gasteiger partial charge on any atom is 0.246 e. The topological polar surface area (TPSA) is 80.5 Å². The van der Waals surface area contributed by atoms with E-state index in [0.29, 0.717) is 8.78 Å². The highest BCUT2D eigenvalue weighted by Crippen LogP contribution is 2.22. The second-order valence-electron chi connectivity index (χ2n) is 3.30. The first-order chi connectivity index (χ1) is 7.75. The minimum Gasteiger partial charge on any atom is -0.369 e. The highest BCUT2D eigenvalue weighted by Gasteiger charge is 2.25. The number of hydrogen-bond acceptors (Lipinski definition) is 3. The standard InChI is InChI=1S/C9H10BrFN2O3S/c1-13(5-9(12)14)17(15,16)8-4-6(10)2-3-7(8)11/h2-4H,5H2,1H3,(H2,12,14). The predicted octanol–water partition coefficient (Wildman–Crippen LogP) is 0.694. The molecule has 0 fully saturated rings. The van der Waals surface area contributed by atoms with E-state index >= 15 is 0 Å². The summed E-state index contributed by atoms with van der Waals surface area (Å²) in [5.74, 6) is -1.70. The molecule has 0 heterocycles. The zero-order chi connectivity index (χ0) is 13.2. The van der Waals surface area contributed by atoms with E-state index in [-0.39, 0.29) is 0 Å². The first-order valence-corrected chi connectivity index (χ1v) is 6.68. The quantitative estimate of drug-likeness (QED) is 0.885. The van der Waals surface area contributed by atoms with E-state index in [1.807, 2.05) is 0 Å². The lowest BCUT2D eigenvalue weighted by Crippen LogP contribution is -2.35. The van der Waals surface area contributed by atoms with Gasteiger partial charge in [-0.2, -0.15) is 4.31 Å². The van der Waals surface area contributed by atoms with Crippen molar-refractivity contribution in [3.05, 3.63) is 28.5 Å². The predicted molar refractivity (Wildman–Crippen MR) is 63.1 cm³/mol. The van der Waals surface area contributed by atoms with Crippen LogP contribution in [0.2, 0.25) is 0 Å². The number of hydrogen-bond donors (Lipinski definition) is 1. The smallest absolute Gasteiger partial charge is 0.246 e. The molecule has 0 spiro atoms. The number of nitrogens with zero attached hydrogens (tertiary/aromatic N) is 1. The Labute approximate surface area is 107 Å². The first kappa shape index (κ1) is 14.1. The molecule has 0 aliphatic heterocycles. The van der Waals surface area contributed by atoms with Crippen molar-refractivity contribution in [3.8, 4) is 0 Å². The van der Waals surface area contributed by atoms with Crippen LogP contribution in [-0.4, -0.2) is 32.2 Å². The van der Waals surface area contributed by atoms with Gasteiger partial charge in [-0.25, -0.2) is 12.8 Å². The van der Waals surface area contributed by atoms with E-state index in [1.165, 1.54) is 6.07 Å². The molecule has 0 saturated heterocycles. The van der Waals surface area contributed by atoms with Gasteiger partial charge in [0.1, 0.15) is 10.7 Å². The molecule has 17 heavy (non-hydrogen) atoms. The zero-order valence-electron chi connectivity index (χ0n) is 8.85. The van der Waals surface area contributed by atoms with Crippen LogP contribution >= 0.6 is 15.9 Å². The lowest BCUT2D eigenvalue weighted by Gasteiger charge is -2.15. The summed E-state index contributed by atoms with van der Waals surface area (Å²) >= 11 is 3.05. The summed E-state index contributed by atoms with van der Waals surface area (Å²) in [5, 5.41) is 0. The Morgan fingerprint density at radius 2 is 2.12 bits per heavy atom. The summed E-state index contributed by atoms with van der Waals surface area (Å²) < 4.78 is 38.3. The van der Waals surface area contributed by atoms with E-state index in [4.69, 9.17) is 5.73 Å². The van der Waals surface area contributed by atoms with Gasteiger partial charge in [0, 0.05) is 11.5 Å². The van der Waals surface area contributed by atoms with Crippen molar-refractivity contribution in [1.82, 2.24) is 4.31 Å². The van der Waals surface area contributed by atoms with Crippen molar-refractivity contribution in [1.29, 1.82) is 0 Å². The van der Waals surface area contributed by atoms with Crippen LogP contribution in [0.5, 0.6) is 0 Å². The molecule has 1 aromatic carbocycles. The number of nitrogens with two attached hydrogens (primary N) is 1. The minimum absolute atomic E-state index is 0.421. The highest BCUT2D eigenvalue weighted by molar-refractivity contribution is 9.10. The minimum atomic E-state index is -4.06. The molecule has 1 rings (SSSR count). The van der Waals surface area contributed by atoms with Crippen LogP contribution in [-0.2, 0) is 14.8 Å². The third-order valence-corrected chi connectivity index (χ3v) is 4.27. The van der Waals surface area contributed by atoms with Gasteiger partial charge in [0.2, 0.25) is 15.9 Å². The van der Waals surface area contributed by atoms with Gasteiger partial charge in [0.15, 0.2) is 0 Å². The summed E-state index contributed by atoms with van der Waals surface area (Å²) in [6, 6.07) is 3.53. The first-order valence-electron chi connectivity index (χ1n) is 4.45. The molecule has 1 amide bonds. The molecule has 2 N–H and O–H groups in total. The number of carbonyl (C=O) groups is 1. The Morgan fingerprint density at radius 1 is 1.53 bits per heavy atom. The van der Waals surface area contributed by atoms with Crippen LogP contribution in [0.1, 0.15) is 0 Å². The van der Waals surface area contributed by atoms with Gasteiger partial charge in [-0.1, -0.05) is 15.9 Å².